The largest absolute Gasteiger partial charge is 8.00 e. The van der Waals surface area contributed by atoms with E-state index in [0.29, 0.717) is 0 Å². The van der Waals surface area contributed by atoms with Crippen LogP contribution in [0.1, 0.15) is 0 Å². The summed E-state index contributed by atoms with van der Waals surface area (Å²) in [6.45, 7) is 0. The summed E-state index contributed by atoms with van der Waals surface area (Å²) in [6, 6.07) is 0. The van der Waals surface area contributed by atoms with E-state index in [9.17, 15) is 39.5 Å². The Bertz CT molecular complexity index is 617. The van der Waals surface area contributed by atoms with Crippen LogP contribution in [0.3, 0.4) is 0 Å². The topological polar surface area (TPSA) is 371 Å². The monoisotopic (exact) mass is 647 g/mol. The molecule has 0 saturated carbocycles. The van der Waals surface area contributed by atoms with E-state index in [2.05, 4.69) is 0 Å². The average Bonchev–Trinajstić information content (AvgIpc) is 2.08. The Kier molecular flexibility index (Phi) is 38.7. The Balaban J connectivity index is -0.0000000240. The van der Waals surface area contributed by atoms with Crippen LogP contribution in [0.2, 0.25) is 0 Å². The molecule has 0 rings (SSSR count). The van der Waals surface area contributed by atoms with E-state index in [1.54, 1.807) is 0 Å². The molecule has 31 heavy (non-hydrogen) atoms. The second-order valence-electron chi connectivity index (χ2n) is 2.70. The molecule has 0 aromatic carbocycles. The van der Waals surface area contributed by atoms with Gasteiger partial charge in [0.15, 0.2) is 30.4 Å². The van der Waals surface area contributed by atoms with Crippen molar-refractivity contribution >= 4 is 30.4 Å². The molecule has 0 bridgehead atoms. The van der Waals surface area contributed by atoms with E-state index < -0.39 is 46.9 Å². The van der Waals surface area contributed by atoms with E-state index in [1.807, 2.05) is 0 Å². The van der Waals surface area contributed by atoms with Crippen LogP contribution < -0.4 is 0 Å². The van der Waals surface area contributed by atoms with Gasteiger partial charge in [-0.1, -0.05) is 0 Å². The molecule has 0 heterocycles. The fourth-order valence-electron chi connectivity index (χ4n) is 0. The van der Waals surface area contributed by atoms with Crippen molar-refractivity contribution in [2.24, 2.45) is 0 Å². The smallest absolute Gasteiger partial charge is 0.741 e. The predicted molar refractivity (Wildman–Crippen MR) is 77.3 cm³/mol. The van der Waals surface area contributed by atoms with Crippen LogP contribution >= 0.6 is 0 Å². The Hall–Kier alpha value is -0.517. The molecule has 0 unspecified atom stereocenters. The summed E-state index contributed by atoms with van der Waals surface area (Å²) < 4.78 is 177. The molecule has 12 N–H and O–H groups in total. The summed E-state index contributed by atoms with van der Waals surface area (Å²) in [5.74, 6) is 0. The molecule has 0 atom stereocenters. The summed E-state index contributed by atoms with van der Waals surface area (Å²) >= 11 is 0. The summed E-state index contributed by atoms with van der Waals surface area (Å²) in [7, 11) is -18.3. The molecule has 0 fully saturated rings. The standard InChI is InChI=1S/3CHF3O3S.5H2N.H2O.Ru/c3*2-1(3,4)8(5,6)7;;;;;;;/h3*(H,5,6,7);6*1H2;/q;;;5*-1;;+8/p-3. The van der Waals surface area contributed by atoms with Gasteiger partial charge >= 0.3 is 36.0 Å². The van der Waals surface area contributed by atoms with Gasteiger partial charge in [0, 0.05) is 0 Å². The van der Waals surface area contributed by atoms with Gasteiger partial charge < -0.3 is 49.9 Å². The first kappa shape index (κ1) is 63.2. The molecule has 0 aliphatic carbocycles. The molecule has 0 aromatic rings. The van der Waals surface area contributed by atoms with E-state index in [0.717, 1.165) is 0 Å². The summed E-state index contributed by atoms with van der Waals surface area (Å²) in [5.41, 5.74) is -16.9. The van der Waals surface area contributed by atoms with Gasteiger partial charge in [0.2, 0.25) is 0 Å². The molecule has 28 heteroatoms. The van der Waals surface area contributed by atoms with Crippen LogP contribution in [0.15, 0.2) is 0 Å². The van der Waals surface area contributed by atoms with E-state index in [1.165, 1.54) is 0 Å². The number of halogens is 9. The summed E-state index contributed by atoms with van der Waals surface area (Å²) in [4.78, 5) is 0. The second kappa shape index (κ2) is 19.0. The molecule has 0 amide bonds. The van der Waals surface area contributed by atoms with Crippen molar-refractivity contribution in [3.05, 3.63) is 30.8 Å². The molecule has 0 radical (unpaired) electrons. The maximum absolute atomic E-state index is 10.7. The Morgan fingerprint density at radius 1 is 0.419 bits per heavy atom. The predicted octanol–water partition coefficient (Wildman–Crippen LogP) is 2.91. The van der Waals surface area contributed by atoms with Crippen molar-refractivity contribution in [3.8, 4) is 0 Å². The normalized spacial score (nSPS) is 10.8. The van der Waals surface area contributed by atoms with Crippen molar-refractivity contribution in [2.45, 2.75) is 16.5 Å². The molecular formula is C3H12F9N5O10RuS3. The molecule has 0 spiro atoms. The van der Waals surface area contributed by atoms with Crippen molar-refractivity contribution < 1.29 is 103 Å². The minimum Gasteiger partial charge on any atom is -0.741 e. The van der Waals surface area contributed by atoms with Crippen LogP contribution in [0.4, 0.5) is 39.5 Å². The summed E-state index contributed by atoms with van der Waals surface area (Å²) in [5, 5.41) is 0. The number of rotatable bonds is 0. The van der Waals surface area contributed by atoms with E-state index in [4.69, 9.17) is 38.9 Å². The molecular weight excluding hydrogens is 634 g/mol. The minimum absolute atomic E-state index is 0. The number of hydrogen-bond donors (Lipinski definition) is 0. The Morgan fingerprint density at radius 3 is 0.452 bits per heavy atom. The van der Waals surface area contributed by atoms with Crippen molar-refractivity contribution in [1.29, 1.82) is 0 Å². The van der Waals surface area contributed by atoms with Crippen LogP contribution in [0.25, 0.3) is 30.8 Å². The van der Waals surface area contributed by atoms with Gasteiger partial charge in [-0.2, -0.15) is 39.5 Å². The molecule has 15 nitrogen and oxygen atoms in total. The van der Waals surface area contributed by atoms with Gasteiger partial charge in [-0.25, -0.2) is 25.3 Å². The van der Waals surface area contributed by atoms with Gasteiger partial charge in [-0.15, -0.1) is 0 Å². The SMILES string of the molecule is O.O=S(=O)([O-])C(F)(F)F.O=S(=O)([O-])C(F)(F)F.O=S(=O)([O-])C(F)(F)F.[NH2-].[NH2-].[NH2-].[NH2-].[NH2-].[Ru+8]. The maximum Gasteiger partial charge on any atom is 8.00 e. The molecule has 0 aromatic heterocycles. The molecule has 198 valence electrons. The number of hydrogen-bond acceptors (Lipinski definition) is 9. The van der Waals surface area contributed by atoms with Gasteiger partial charge in [0.1, 0.15) is 0 Å². The zero-order chi connectivity index (χ0) is 21.0. The number of nitrogens with two attached hydrogens (primary N) is 5. The van der Waals surface area contributed by atoms with Crippen LogP contribution in [0, 0.1) is 0 Å². The fraction of sp³-hybridized carbons (Fsp3) is 1.00. The fourth-order valence-corrected chi connectivity index (χ4v) is 0. The van der Waals surface area contributed by atoms with Crippen molar-refractivity contribution in [3.63, 3.8) is 0 Å². The number of alkyl halides is 9. The minimum atomic E-state index is -6.09. The van der Waals surface area contributed by atoms with Crippen LogP contribution in [-0.4, -0.2) is 60.9 Å². The van der Waals surface area contributed by atoms with E-state index in [-0.39, 0.29) is 55.7 Å². The molecule has 0 aliphatic rings. The molecule has 0 aliphatic heterocycles. The first-order chi connectivity index (χ1) is 9.75. The van der Waals surface area contributed by atoms with Gasteiger partial charge in [-0.3, -0.25) is 0 Å². The quantitative estimate of drug-likeness (QED) is 0.161. The zero-order valence-corrected chi connectivity index (χ0v) is 17.7. The van der Waals surface area contributed by atoms with Crippen LogP contribution in [-0.2, 0) is 49.8 Å². The third-order valence-electron chi connectivity index (χ3n) is 0.850. The maximum atomic E-state index is 10.7. The average molecular weight is 646 g/mol. The summed E-state index contributed by atoms with van der Waals surface area (Å²) in [6.07, 6.45) is 0. The van der Waals surface area contributed by atoms with Gasteiger partial charge in [-0.05, 0) is 0 Å². The molecule has 0 saturated heterocycles. The van der Waals surface area contributed by atoms with Gasteiger partial charge in [0.05, 0.1) is 0 Å². The van der Waals surface area contributed by atoms with Gasteiger partial charge in [0.25, 0.3) is 0 Å². The van der Waals surface area contributed by atoms with Crippen molar-refractivity contribution in [2.75, 3.05) is 0 Å². The first-order valence-electron chi connectivity index (χ1n) is 3.81. The second-order valence-corrected chi connectivity index (χ2v) is 6.81. The van der Waals surface area contributed by atoms with E-state index >= 15 is 0 Å². The van der Waals surface area contributed by atoms with Crippen LogP contribution in [0.5, 0.6) is 0 Å². The Morgan fingerprint density at radius 2 is 0.452 bits per heavy atom. The van der Waals surface area contributed by atoms with Crippen molar-refractivity contribution in [1.82, 2.24) is 0 Å². The zero-order valence-electron chi connectivity index (χ0n) is 13.5. The third-order valence-corrected chi connectivity index (χ3v) is 2.55. The third kappa shape index (κ3) is 31.8. The first-order valence-corrected chi connectivity index (χ1v) is 8.04. The Labute approximate surface area is 181 Å².